The molecule has 2 aromatic rings. The summed E-state index contributed by atoms with van der Waals surface area (Å²) in [7, 11) is 0. The standard InChI is InChI=1S/C13H8F3N3O3S/c1-23-12-18-10(8(5-17)11(21)19-12)7-4-6(2-3-9(7)20)22-13(14,15)16/h2-4,20H,1H3,(H,18,19,21). The summed E-state index contributed by atoms with van der Waals surface area (Å²) in [5.74, 6) is -1.05. The average molecular weight is 343 g/mol. The minimum absolute atomic E-state index is 0.144. The molecule has 0 saturated heterocycles. The molecule has 0 aliphatic heterocycles. The molecule has 0 fully saturated rings. The van der Waals surface area contributed by atoms with Crippen LogP contribution in [-0.2, 0) is 0 Å². The molecule has 10 heteroatoms. The maximum Gasteiger partial charge on any atom is 0.573 e. The zero-order valence-electron chi connectivity index (χ0n) is 11.4. The van der Waals surface area contributed by atoms with Gasteiger partial charge in [-0.15, -0.1) is 13.2 Å². The van der Waals surface area contributed by atoms with Gasteiger partial charge in [-0.05, 0) is 24.5 Å². The van der Waals surface area contributed by atoms with Crippen molar-refractivity contribution in [2.24, 2.45) is 0 Å². The number of nitrogens with zero attached hydrogens (tertiary/aromatic N) is 2. The molecule has 1 heterocycles. The van der Waals surface area contributed by atoms with Crippen molar-refractivity contribution >= 4 is 11.8 Å². The van der Waals surface area contributed by atoms with Crippen molar-refractivity contribution in [1.29, 1.82) is 5.26 Å². The van der Waals surface area contributed by atoms with Gasteiger partial charge in [0, 0.05) is 5.56 Å². The Balaban J connectivity index is 2.67. The summed E-state index contributed by atoms with van der Waals surface area (Å²) in [6.07, 6.45) is -3.31. The van der Waals surface area contributed by atoms with E-state index in [4.69, 9.17) is 5.26 Å². The van der Waals surface area contributed by atoms with E-state index in [0.717, 1.165) is 30.0 Å². The van der Waals surface area contributed by atoms with Crippen LogP contribution in [0.15, 0.2) is 28.2 Å². The second-order valence-electron chi connectivity index (χ2n) is 4.14. The molecule has 0 spiro atoms. The zero-order chi connectivity index (χ0) is 17.2. The number of thioether (sulfide) groups is 1. The van der Waals surface area contributed by atoms with E-state index >= 15 is 0 Å². The molecule has 0 radical (unpaired) electrons. The number of halogens is 3. The fraction of sp³-hybridized carbons (Fsp3) is 0.154. The number of rotatable bonds is 3. The average Bonchev–Trinajstić information content (AvgIpc) is 2.47. The van der Waals surface area contributed by atoms with Crippen molar-refractivity contribution < 1.29 is 23.0 Å². The van der Waals surface area contributed by atoms with Gasteiger partial charge in [-0.3, -0.25) is 4.79 Å². The topological polar surface area (TPSA) is 99.0 Å². The molecule has 0 unspecified atom stereocenters. The van der Waals surface area contributed by atoms with E-state index in [0.29, 0.717) is 0 Å². The second-order valence-corrected chi connectivity index (χ2v) is 4.93. The highest BCUT2D eigenvalue weighted by atomic mass is 32.2. The molecule has 0 atom stereocenters. The van der Waals surface area contributed by atoms with Crippen LogP contribution in [-0.4, -0.2) is 27.7 Å². The highest BCUT2D eigenvalue weighted by molar-refractivity contribution is 7.98. The number of benzene rings is 1. The molecule has 0 amide bonds. The molecule has 0 aliphatic rings. The van der Waals surface area contributed by atoms with Crippen LogP contribution in [0.2, 0.25) is 0 Å². The second kappa shape index (κ2) is 6.21. The fourth-order valence-corrected chi connectivity index (χ4v) is 2.13. The first-order valence-electron chi connectivity index (χ1n) is 5.92. The first-order chi connectivity index (χ1) is 10.7. The molecule has 23 heavy (non-hydrogen) atoms. The van der Waals surface area contributed by atoms with Gasteiger partial charge in [0.2, 0.25) is 0 Å². The Morgan fingerprint density at radius 1 is 1.43 bits per heavy atom. The Labute approximate surface area is 131 Å². The maximum absolute atomic E-state index is 12.3. The largest absolute Gasteiger partial charge is 0.573 e. The van der Waals surface area contributed by atoms with Crippen molar-refractivity contribution in [1.82, 2.24) is 9.97 Å². The third-order valence-electron chi connectivity index (χ3n) is 2.66. The van der Waals surface area contributed by atoms with Crippen LogP contribution in [0, 0.1) is 11.3 Å². The lowest BCUT2D eigenvalue weighted by molar-refractivity contribution is -0.274. The smallest absolute Gasteiger partial charge is 0.507 e. The van der Waals surface area contributed by atoms with Gasteiger partial charge < -0.3 is 14.8 Å². The molecular weight excluding hydrogens is 335 g/mol. The van der Waals surface area contributed by atoms with Gasteiger partial charge in [0.1, 0.15) is 28.8 Å². The summed E-state index contributed by atoms with van der Waals surface area (Å²) in [4.78, 5) is 18.1. The van der Waals surface area contributed by atoms with Crippen LogP contribution in [0.5, 0.6) is 11.5 Å². The van der Waals surface area contributed by atoms with Gasteiger partial charge in [0.25, 0.3) is 5.56 Å². The van der Waals surface area contributed by atoms with Gasteiger partial charge in [-0.2, -0.15) is 5.26 Å². The summed E-state index contributed by atoms with van der Waals surface area (Å²) in [5.41, 5.74) is -1.64. The highest BCUT2D eigenvalue weighted by Gasteiger charge is 2.31. The number of hydrogen-bond donors (Lipinski definition) is 2. The minimum atomic E-state index is -4.92. The molecular formula is C13H8F3N3O3S. The van der Waals surface area contributed by atoms with Gasteiger partial charge in [-0.25, -0.2) is 4.98 Å². The third kappa shape index (κ3) is 3.75. The lowest BCUT2D eigenvalue weighted by atomic mass is 10.1. The Bertz CT molecular complexity index is 843. The number of ether oxygens (including phenoxy) is 1. The summed E-state index contributed by atoms with van der Waals surface area (Å²) in [6.45, 7) is 0. The Hall–Kier alpha value is -2.67. The van der Waals surface area contributed by atoms with E-state index in [1.54, 1.807) is 12.3 Å². The van der Waals surface area contributed by atoms with E-state index in [1.165, 1.54) is 0 Å². The molecule has 0 aliphatic carbocycles. The van der Waals surface area contributed by atoms with E-state index in [1.807, 2.05) is 0 Å². The molecule has 1 aromatic carbocycles. The molecule has 0 bridgehead atoms. The Morgan fingerprint density at radius 3 is 2.70 bits per heavy atom. The summed E-state index contributed by atoms with van der Waals surface area (Å²) in [6, 6.07) is 4.34. The maximum atomic E-state index is 12.3. The fourth-order valence-electron chi connectivity index (χ4n) is 1.75. The molecule has 1 aromatic heterocycles. The Kier molecular flexibility index (Phi) is 4.51. The van der Waals surface area contributed by atoms with Crippen LogP contribution >= 0.6 is 11.8 Å². The van der Waals surface area contributed by atoms with Crippen LogP contribution in [0.25, 0.3) is 11.3 Å². The number of nitriles is 1. The van der Waals surface area contributed by atoms with Crippen molar-refractivity contribution in [3.05, 3.63) is 34.1 Å². The molecule has 0 saturated carbocycles. The lowest BCUT2D eigenvalue weighted by Gasteiger charge is -2.12. The van der Waals surface area contributed by atoms with Crippen LogP contribution in [0.3, 0.4) is 0 Å². The predicted octanol–water partition coefficient (Wildman–Crippen LogP) is 2.63. The summed E-state index contributed by atoms with van der Waals surface area (Å²) in [5, 5.41) is 19.1. The number of aromatic nitrogens is 2. The van der Waals surface area contributed by atoms with Crippen LogP contribution in [0.1, 0.15) is 5.56 Å². The summed E-state index contributed by atoms with van der Waals surface area (Å²) < 4.78 is 40.6. The van der Waals surface area contributed by atoms with E-state index in [9.17, 15) is 23.1 Å². The van der Waals surface area contributed by atoms with Gasteiger partial charge in [0.15, 0.2) is 5.16 Å². The van der Waals surface area contributed by atoms with Gasteiger partial charge in [-0.1, -0.05) is 11.8 Å². The number of aromatic hydroxyl groups is 1. The van der Waals surface area contributed by atoms with Crippen molar-refractivity contribution in [2.45, 2.75) is 11.5 Å². The number of hydrogen-bond acceptors (Lipinski definition) is 6. The van der Waals surface area contributed by atoms with Crippen LogP contribution in [0.4, 0.5) is 13.2 Å². The SMILES string of the molecule is CSc1nc(-c2cc(OC(F)(F)F)ccc2O)c(C#N)c(=O)[nH]1. The van der Waals surface area contributed by atoms with Crippen molar-refractivity contribution in [3.8, 4) is 28.8 Å². The predicted molar refractivity (Wildman–Crippen MR) is 75.1 cm³/mol. The van der Waals surface area contributed by atoms with E-state index in [-0.39, 0.29) is 16.4 Å². The van der Waals surface area contributed by atoms with E-state index in [2.05, 4.69) is 14.7 Å². The monoisotopic (exact) mass is 343 g/mol. The number of phenolic OH excluding ortho intramolecular Hbond substituents is 1. The normalized spacial score (nSPS) is 11.1. The van der Waals surface area contributed by atoms with Gasteiger partial charge in [0.05, 0.1) is 0 Å². The Morgan fingerprint density at radius 2 is 2.13 bits per heavy atom. The third-order valence-corrected chi connectivity index (χ3v) is 3.24. The first-order valence-corrected chi connectivity index (χ1v) is 7.15. The van der Waals surface area contributed by atoms with E-state index < -0.39 is 29.0 Å². The number of alkyl halides is 3. The molecule has 2 N–H and O–H groups in total. The highest BCUT2D eigenvalue weighted by Crippen LogP contribution is 2.34. The molecule has 2 rings (SSSR count). The van der Waals surface area contributed by atoms with Crippen molar-refractivity contribution in [2.75, 3.05) is 6.26 Å². The lowest BCUT2D eigenvalue weighted by Crippen LogP contribution is -2.17. The quantitative estimate of drug-likeness (QED) is 0.657. The summed E-state index contributed by atoms with van der Waals surface area (Å²) >= 11 is 1.06. The van der Waals surface area contributed by atoms with Crippen LogP contribution < -0.4 is 10.3 Å². The number of aromatic amines is 1. The molecule has 120 valence electrons. The number of phenols is 1. The number of H-pyrrole nitrogens is 1. The van der Waals surface area contributed by atoms with Gasteiger partial charge >= 0.3 is 6.36 Å². The first kappa shape index (κ1) is 16.7. The minimum Gasteiger partial charge on any atom is -0.507 e. The van der Waals surface area contributed by atoms with Crippen molar-refractivity contribution in [3.63, 3.8) is 0 Å². The molecule has 6 nitrogen and oxygen atoms in total. The number of nitrogens with one attached hydrogen (secondary N) is 1. The zero-order valence-corrected chi connectivity index (χ0v) is 12.2.